The molecule has 0 radical (unpaired) electrons. The zero-order valence-electron chi connectivity index (χ0n) is 9.75. The van der Waals surface area contributed by atoms with Crippen LogP contribution in [0, 0.1) is 12.9 Å². The Kier molecular flexibility index (Phi) is 3.04. The summed E-state index contributed by atoms with van der Waals surface area (Å²) in [6.07, 6.45) is 2.50. The Hall–Kier alpha value is -1.96. The van der Waals surface area contributed by atoms with E-state index in [1.807, 2.05) is 0 Å². The van der Waals surface area contributed by atoms with E-state index in [9.17, 15) is 12.8 Å². The molecule has 1 N–H and O–H groups in total. The van der Waals surface area contributed by atoms with Gasteiger partial charge in [-0.15, -0.1) is 0 Å². The molecular weight excluding hydrogens is 259 g/mol. The maximum absolute atomic E-state index is 12.6. The van der Waals surface area contributed by atoms with Crippen molar-refractivity contribution in [3.05, 3.63) is 36.3 Å². The van der Waals surface area contributed by atoms with Crippen LogP contribution in [-0.2, 0) is 17.1 Å². The van der Waals surface area contributed by atoms with E-state index in [1.54, 1.807) is 18.5 Å². The molecule has 0 spiro atoms. The second kappa shape index (κ2) is 4.37. The van der Waals surface area contributed by atoms with Gasteiger partial charge in [0.1, 0.15) is 5.82 Å². The maximum atomic E-state index is 12.6. The minimum absolute atomic E-state index is 0.0909. The number of halogens is 1. The van der Waals surface area contributed by atoms with Crippen LogP contribution in [0.4, 0.5) is 10.1 Å². The predicted octanol–water partition coefficient (Wildman–Crippen LogP) is 1.06. The SMILES string of the molecule is Cc1nc(S(=O)(=O)Nc2ccc(F)nc2)cn1C. The molecule has 0 aliphatic carbocycles. The Morgan fingerprint density at radius 1 is 1.39 bits per heavy atom. The summed E-state index contributed by atoms with van der Waals surface area (Å²) in [5.41, 5.74) is 0.180. The molecule has 0 saturated heterocycles. The Morgan fingerprint density at radius 2 is 2.11 bits per heavy atom. The van der Waals surface area contributed by atoms with E-state index in [-0.39, 0.29) is 10.7 Å². The lowest BCUT2D eigenvalue weighted by Crippen LogP contribution is -2.13. The molecule has 6 nitrogen and oxygen atoms in total. The van der Waals surface area contributed by atoms with Crippen LogP contribution < -0.4 is 4.72 Å². The Bertz CT molecular complexity index is 644. The second-order valence-corrected chi connectivity index (χ2v) is 5.34. The van der Waals surface area contributed by atoms with Gasteiger partial charge in [-0.1, -0.05) is 0 Å². The number of aryl methyl sites for hydroxylation is 2. The smallest absolute Gasteiger partial charge is 0.281 e. The molecule has 0 atom stereocenters. The van der Waals surface area contributed by atoms with Gasteiger partial charge in [-0.25, -0.2) is 9.97 Å². The van der Waals surface area contributed by atoms with Crippen LogP contribution in [-0.4, -0.2) is 23.0 Å². The first-order valence-electron chi connectivity index (χ1n) is 5.03. The van der Waals surface area contributed by atoms with Gasteiger partial charge in [-0.05, 0) is 19.1 Å². The number of rotatable bonds is 3. The van der Waals surface area contributed by atoms with E-state index in [4.69, 9.17) is 0 Å². The van der Waals surface area contributed by atoms with Crippen molar-refractivity contribution < 1.29 is 12.8 Å². The molecule has 96 valence electrons. The molecular formula is C10H11FN4O2S. The molecule has 0 aliphatic heterocycles. The number of nitrogens with zero attached hydrogens (tertiary/aromatic N) is 3. The normalized spacial score (nSPS) is 11.5. The third-order valence-electron chi connectivity index (χ3n) is 2.34. The first-order chi connectivity index (χ1) is 8.38. The van der Waals surface area contributed by atoms with Crippen LogP contribution in [0.15, 0.2) is 29.6 Å². The highest BCUT2D eigenvalue weighted by molar-refractivity contribution is 7.92. The monoisotopic (exact) mass is 270 g/mol. The molecule has 0 bridgehead atoms. The first kappa shape index (κ1) is 12.5. The molecule has 18 heavy (non-hydrogen) atoms. The highest BCUT2D eigenvalue weighted by Gasteiger charge is 2.18. The van der Waals surface area contributed by atoms with Crippen LogP contribution >= 0.6 is 0 Å². The molecule has 0 saturated carbocycles. The summed E-state index contributed by atoms with van der Waals surface area (Å²) in [5.74, 6) is -0.0979. The molecule has 0 aliphatic rings. The molecule has 8 heteroatoms. The number of anilines is 1. The van der Waals surface area contributed by atoms with E-state index >= 15 is 0 Å². The van der Waals surface area contributed by atoms with Gasteiger partial charge in [0.15, 0.2) is 5.03 Å². The fourth-order valence-corrected chi connectivity index (χ4v) is 2.38. The third kappa shape index (κ3) is 2.48. The van der Waals surface area contributed by atoms with Crippen LogP contribution in [0.3, 0.4) is 0 Å². The van der Waals surface area contributed by atoms with E-state index in [1.165, 1.54) is 12.3 Å². The standard InChI is InChI=1S/C10H11FN4O2S/c1-7-13-10(6-15(7)2)18(16,17)14-8-3-4-9(11)12-5-8/h3-6,14H,1-2H3. The van der Waals surface area contributed by atoms with E-state index in [0.29, 0.717) is 5.82 Å². The minimum atomic E-state index is -3.77. The van der Waals surface area contributed by atoms with Crippen LogP contribution in [0.5, 0.6) is 0 Å². The van der Waals surface area contributed by atoms with Crippen LogP contribution in [0.2, 0.25) is 0 Å². The predicted molar refractivity (Wildman–Crippen MR) is 62.9 cm³/mol. The highest BCUT2D eigenvalue weighted by Crippen LogP contribution is 2.14. The van der Waals surface area contributed by atoms with Crippen LogP contribution in [0.25, 0.3) is 0 Å². The van der Waals surface area contributed by atoms with Crippen LogP contribution in [0.1, 0.15) is 5.82 Å². The largest absolute Gasteiger partial charge is 0.337 e. The Balaban J connectivity index is 2.29. The molecule has 0 aromatic carbocycles. The molecule has 0 unspecified atom stereocenters. The van der Waals surface area contributed by atoms with Gasteiger partial charge in [0.2, 0.25) is 5.95 Å². The van der Waals surface area contributed by atoms with Gasteiger partial charge >= 0.3 is 0 Å². The average molecular weight is 270 g/mol. The van der Waals surface area contributed by atoms with Crippen molar-refractivity contribution in [2.75, 3.05) is 4.72 Å². The van der Waals surface area contributed by atoms with Crippen molar-refractivity contribution in [2.45, 2.75) is 11.9 Å². The number of pyridine rings is 1. The van der Waals surface area contributed by atoms with Gasteiger partial charge in [0, 0.05) is 13.2 Å². The van der Waals surface area contributed by atoms with E-state index in [2.05, 4.69) is 14.7 Å². The lowest BCUT2D eigenvalue weighted by atomic mass is 10.4. The fourth-order valence-electron chi connectivity index (χ4n) is 1.30. The summed E-state index contributed by atoms with van der Waals surface area (Å²) in [6, 6.07) is 2.36. The summed E-state index contributed by atoms with van der Waals surface area (Å²) < 4.78 is 40.3. The minimum Gasteiger partial charge on any atom is -0.337 e. The number of nitrogens with one attached hydrogen (secondary N) is 1. The van der Waals surface area contributed by atoms with Gasteiger partial charge in [-0.3, -0.25) is 4.72 Å². The summed E-state index contributed by atoms with van der Waals surface area (Å²) in [7, 11) is -2.08. The number of hydrogen-bond acceptors (Lipinski definition) is 4. The van der Waals surface area contributed by atoms with E-state index in [0.717, 1.165) is 12.3 Å². The highest BCUT2D eigenvalue weighted by atomic mass is 32.2. The molecule has 2 rings (SSSR count). The topological polar surface area (TPSA) is 76.9 Å². The average Bonchev–Trinajstić information content (AvgIpc) is 2.63. The summed E-state index contributed by atoms with van der Waals surface area (Å²) in [6.45, 7) is 1.69. The number of imidazole rings is 1. The zero-order chi connectivity index (χ0) is 13.3. The van der Waals surface area contributed by atoms with E-state index < -0.39 is 16.0 Å². The second-order valence-electron chi connectivity index (χ2n) is 3.71. The molecule has 0 amide bonds. The molecule has 2 aromatic heterocycles. The molecule has 0 fully saturated rings. The molecule has 2 aromatic rings. The first-order valence-corrected chi connectivity index (χ1v) is 6.51. The lowest BCUT2D eigenvalue weighted by Gasteiger charge is -2.04. The number of aromatic nitrogens is 3. The quantitative estimate of drug-likeness (QED) is 0.846. The van der Waals surface area contributed by atoms with Gasteiger partial charge in [-0.2, -0.15) is 12.8 Å². The zero-order valence-corrected chi connectivity index (χ0v) is 10.6. The van der Waals surface area contributed by atoms with Gasteiger partial charge in [0.25, 0.3) is 10.0 Å². The van der Waals surface area contributed by atoms with Crippen molar-refractivity contribution >= 4 is 15.7 Å². The summed E-state index contributed by atoms with van der Waals surface area (Å²) in [4.78, 5) is 7.27. The van der Waals surface area contributed by atoms with Crippen molar-refractivity contribution in [1.82, 2.24) is 14.5 Å². The number of hydrogen-bond donors (Lipinski definition) is 1. The van der Waals surface area contributed by atoms with Crippen molar-refractivity contribution in [2.24, 2.45) is 7.05 Å². The lowest BCUT2D eigenvalue weighted by molar-refractivity contribution is 0.583. The molecule has 2 heterocycles. The van der Waals surface area contributed by atoms with Gasteiger partial charge in [0.05, 0.1) is 11.9 Å². The fraction of sp³-hybridized carbons (Fsp3) is 0.200. The van der Waals surface area contributed by atoms with Crippen molar-refractivity contribution in [3.63, 3.8) is 0 Å². The van der Waals surface area contributed by atoms with Crippen molar-refractivity contribution in [3.8, 4) is 0 Å². The maximum Gasteiger partial charge on any atom is 0.281 e. The summed E-state index contributed by atoms with van der Waals surface area (Å²) >= 11 is 0. The Morgan fingerprint density at radius 3 is 2.61 bits per heavy atom. The Labute approximate surface area is 104 Å². The number of sulfonamides is 1. The summed E-state index contributed by atoms with van der Waals surface area (Å²) in [5, 5.41) is -0.0909. The van der Waals surface area contributed by atoms with Gasteiger partial charge < -0.3 is 4.57 Å². The third-order valence-corrected chi connectivity index (χ3v) is 3.59. The van der Waals surface area contributed by atoms with Crippen molar-refractivity contribution in [1.29, 1.82) is 0 Å².